The molecule has 1 heterocycles. The normalized spacial score (nSPS) is 12.0. The first-order valence-corrected chi connectivity index (χ1v) is 8.53. The maximum Gasteiger partial charge on any atom is 0.243 e. The van der Waals surface area contributed by atoms with E-state index < -0.39 is 0 Å². The van der Waals surface area contributed by atoms with Gasteiger partial charge in [-0.25, -0.2) is 0 Å². The van der Waals surface area contributed by atoms with Crippen LogP contribution in [0.15, 0.2) is 58.8 Å². The van der Waals surface area contributed by atoms with Crippen molar-refractivity contribution in [3.8, 4) is 11.6 Å². The average molecular weight is 371 g/mol. The molecule has 0 bridgehead atoms. The fourth-order valence-corrected chi connectivity index (χ4v) is 3.15. The van der Waals surface area contributed by atoms with E-state index in [1.807, 2.05) is 69.7 Å². The third-order valence-corrected chi connectivity index (χ3v) is 4.20. The summed E-state index contributed by atoms with van der Waals surface area (Å²) in [5.74, 6) is -0.0497. The standard InChI is InChI=1S/C19H20ClN5O/c1-13-17(19(26)24(23-13)14-9-6-5-7-10-14)22-21-16-12-8-11-15(20)18(16)25(2,3)4/h5-12H,1-4H3/p+1. The number of hydrogen-bond donors (Lipinski definition) is 1. The highest BCUT2D eigenvalue weighted by Gasteiger charge is 2.22. The lowest BCUT2D eigenvalue weighted by Gasteiger charge is -2.25. The van der Waals surface area contributed by atoms with Crippen LogP contribution in [0.25, 0.3) is 5.69 Å². The zero-order valence-corrected chi connectivity index (χ0v) is 15.9. The van der Waals surface area contributed by atoms with Crippen LogP contribution < -0.4 is 4.48 Å². The Labute approximate surface area is 157 Å². The molecular formula is C19H21ClN5O+. The molecule has 26 heavy (non-hydrogen) atoms. The molecule has 0 aliphatic rings. The summed E-state index contributed by atoms with van der Waals surface area (Å²) < 4.78 is 1.95. The summed E-state index contributed by atoms with van der Waals surface area (Å²) in [6.07, 6.45) is 0. The molecule has 3 aromatic rings. The molecule has 0 amide bonds. The molecule has 0 aliphatic heterocycles. The van der Waals surface area contributed by atoms with Crippen LogP contribution in [0.5, 0.6) is 5.88 Å². The lowest BCUT2D eigenvalue weighted by molar-refractivity contribution is 0.434. The summed E-state index contributed by atoms with van der Waals surface area (Å²) in [6.45, 7) is 1.78. The largest absolute Gasteiger partial charge is 0.492 e. The van der Waals surface area contributed by atoms with Gasteiger partial charge in [0.1, 0.15) is 10.7 Å². The van der Waals surface area contributed by atoms with Gasteiger partial charge in [-0.2, -0.15) is 9.78 Å². The number of hydrogen-bond acceptors (Lipinski definition) is 4. The maximum absolute atomic E-state index is 10.5. The van der Waals surface area contributed by atoms with Gasteiger partial charge >= 0.3 is 0 Å². The Hall–Kier alpha value is -2.70. The third-order valence-electron chi connectivity index (χ3n) is 3.90. The molecule has 2 aromatic carbocycles. The number of para-hydroxylation sites is 2. The van der Waals surface area contributed by atoms with Gasteiger partial charge in [-0.1, -0.05) is 35.9 Å². The van der Waals surface area contributed by atoms with E-state index in [1.165, 1.54) is 4.68 Å². The summed E-state index contributed by atoms with van der Waals surface area (Å²) in [6, 6.07) is 14.9. The van der Waals surface area contributed by atoms with Crippen molar-refractivity contribution in [3.05, 3.63) is 59.2 Å². The molecule has 0 saturated heterocycles. The van der Waals surface area contributed by atoms with E-state index >= 15 is 0 Å². The van der Waals surface area contributed by atoms with Crippen LogP contribution in [0.1, 0.15) is 5.69 Å². The van der Waals surface area contributed by atoms with E-state index in [2.05, 4.69) is 15.3 Å². The number of azo groups is 1. The number of rotatable bonds is 4. The molecule has 0 aliphatic carbocycles. The van der Waals surface area contributed by atoms with Crippen LogP contribution in [0.3, 0.4) is 0 Å². The molecule has 0 spiro atoms. The van der Waals surface area contributed by atoms with E-state index in [0.29, 0.717) is 26.6 Å². The van der Waals surface area contributed by atoms with Gasteiger partial charge in [-0.05, 0) is 31.2 Å². The smallest absolute Gasteiger partial charge is 0.243 e. The quantitative estimate of drug-likeness (QED) is 0.509. The molecular weight excluding hydrogens is 350 g/mol. The second kappa shape index (κ2) is 6.90. The van der Waals surface area contributed by atoms with Gasteiger partial charge in [0.2, 0.25) is 5.88 Å². The molecule has 0 atom stereocenters. The lowest BCUT2D eigenvalue weighted by atomic mass is 10.2. The molecule has 7 heteroatoms. The molecule has 0 radical (unpaired) electrons. The zero-order chi connectivity index (χ0) is 18.9. The van der Waals surface area contributed by atoms with E-state index in [0.717, 1.165) is 11.4 Å². The number of benzene rings is 2. The van der Waals surface area contributed by atoms with Crippen molar-refractivity contribution in [3.63, 3.8) is 0 Å². The van der Waals surface area contributed by atoms with Crippen molar-refractivity contribution in [2.24, 2.45) is 10.2 Å². The SMILES string of the molecule is Cc1nn(-c2ccccc2)c(O)c1N=Nc1cccc(Cl)c1[N+](C)(C)C. The minimum atomic E-state index is -0.0497. The molecule has 3 rings (SSSR count). The number of quaternary nitrogens is 1. The average Bonchev–Trinajstić information content (AvgIpc) is 2.87. The Bertz CT molecular complexity index is 958. The number of aromatic nitrogens is 2. The monoisotopic (exact) mass is 370 g/mol. The lowest BCUT2D eigenvalue weighted by Crippen LogP contribution is -2.35. The molecule has 0 fully saturated rings. The Balaban J connectivity index is 2.04. The second-order valence-electron chi connectivity index (χ2n) is 6.83. The van der Waals surface area contributed by atoms with Crippen molar-refractivity contribution in [1.29, 1.82) is 0 Å². The first-order chi connectivity index (χ1) is 12.3. The van der Waals surface area contributed by atoms with Crippen LogP contribution in [-0.2, 0) is 0 Å². The third kappa shape index (κ3) is 3.47. The van der Waals surface area contributed by atoms with E-state index in [1.54, 1.807) is 6.92 Å². The predicted octanol–water partition coefficient (Wildman–Crippen LogP) is 5.15. The minimum absolute atomic E-state index is 0.0497. The maximum atomic E-state index is 10.5. The molecule has 6 nitrogen and oxygen atoms in total. The number of halogens is 1. The highest BCUT2D eigenvalue weighted by atomic mass is 35.5. The van der Waals surface area contributed by atoms with Gasteiger partial charge in [0.15, 0.2) is 11.4 Å². The molecule has 1 aromatic heterocycles. The fraction of sp³-hybridized carbons (Fsp3) is 0.211. The highest BCUT2D eigenvalue weighted by molar-refractivity contribution is 6.33. The van der Waals surface area contributed by atoms with Crippen molar-refractivity contribution < 1.29 is 5.11 Å². The predicted molar refractivity (Wildman–Crippen MR) is 105 cm³/mol. The van der Waals surface area contributed by atoms with Gasteiger partial charge in [0, 0.05) is 0 Å². The zero-order valence-electron chi connectivity index (χ0n) is 15.2. The summed E-state index contributed by atoms with van der Waals surface area (Å²) >= 11 is 6.36. The summed E-state index contributed by atoms with van der Waals surface area (Å²) in [5, 5.41) is 24.1. The minimum Gasteiger partial charge on any atom is -0.492 e. The van der Waals surface area contributed by atoms with E-state index in [9.17, 15) is 5.11 Å². The Morgan fingerprint density at radius 3 is 2.35 bits per heavy atom. The fourth-order valence-electron chi connectivity index (χ4n) is 2.73. The summed E-state index contributed by atoms with van der Waals surface area (Å²) in [5.41, 5.74) is 3.18. The Kier molecular flexibility index (Phi) is 4.80. The van der Waals surface area contributed by atoms with Gasteiger partial charge < -0.3 is 5.11 Å². The first-order valence-electron chi connectivity index (χ1n) is 8.15. The first kappa shape index (κ1) is 18.1. The van der Waals surface area contributed by atoms with Gasteiger partial charge in [-0.3, -0.25) is 4.48 Å². The van der Waals surface area contributed by atoms with Crippen molar-refractivity contribution in [2.45, 2.75) is 6.92 Å². The highest BCUT2D eigenvalue weighted by Crippen LogP contribution is 2.40. The van der Waals surface area contributed by atoms with Crippen molar-refractivity contribution >= 4 is 28.7 Å². The number of nitrogens with zero attached hydrogens (tertiary/aromatic N) is 5. The Morgan fingerprint density at radius 2 is 1.69 bits per heavy atom. The number of aromatic hydroxyl groups is 1. The van der Waals surface area contributed by atoms with E-state index in [4.69, 9.17) is 11.6 Å². The molecule has 0 unspecified atom stereocenters. The van der Waals surface area contributed by atoms with Crippen LogP contribution in [-0.4, -0.2) is 36.0 Å². The van der Waals surface area contributed by atoms with Crippen molar-refractivity contribution in [2.75, 3.05) is 21.1 Å². The topological polar surface area (TPSA) is 62.8 Å². The van der Waals surface area contributed by atoms with Gasteiger partial charge in [0.05, 0.1) is 32.5 Å². The summed E-state index contributed by atoms with van der Waals surface area (Å²) in [4.78, 5) is 0. The van der Waals surface area contributed by atoms with E-state index in [-0.39, 0.29) is 5.88 Å². The second-order valence-corrected chi connectivity index (χ2v) is 7.23. The van der Waals surface area contributed by atoms with Crippen LogP contribution in [0.2, 0.25) is 5.02 Å². The van der Waals surface area contributed by atoms with Crippen LogP contribution in [0.4, 0.5) is 17.1 Å². The molecule has 1 N–H and O–H groups in total. The van der Waals surface area contributed by atoms with Gasteiger partial charge in [-0.15, -0.1) is 10.2 Å². The van der Waals surface area contributed by atoms with Crippen LogP contribution >= 0.6 is 11.6 Å². The van der Waals surface area contributed by atoms with Gasteiger partial charge in [0.25, 0.3) is 0 Å². The molecule has 0 saturated carbocycles. The van der Waals surface area contributed by atoms with Crippen molar-refractivity contribution in [1.82, 2.24) is 14.3 Å². The number of aryl methyl sites for hydroxylation is 1. The van der Waals surface area contributed by atoms with Crippen LogP contribution in [0, 0.1) is 6.92 Å². The molecule has 134 valence electrons. The Morgan fingerprint density at radius 1 is 1.00 bits per heavy atom. The summed E-state index contributed by atoms with van der Waals surface area (Å²) in [7, 11) is 6.03.